The fourth-order valence-electron chi connectivity index (χ4n) is 4.44. The molecule has 1 N–H and O–H groups in total. The lowest BCUT2D eigenvalue weighted by molar-refractivity contribution is 0.0374. The number of fused-ring (bicyclic) bond motifs is 4. The van der Waals surface area contributed by atoms with Gasteiger partial charge in [-0.15, -0.1) is 12.4 Å². The molecule has 0 saturated carbocycles. The van der Waals surface area contributed by atoms with Crippen LogP contribution in [0.3, 0.4) is 0 Å². The highest BCUT2D eigenvalue weighted by Gasteiger charge is 2.37. The number of ether oxygens (including phenoxy) is 1. The van der Waals surface area contributed by atoms with E-state index in [2.05, 4.69) is 10.2 Å². The minimum absolute atomic E-state index is 0. The number of nitrogens with one attached hydrogen (secondary N) is 1. The van der Waals surface area contributed by atoms with Gasteiger partial charge in [0.25, 0.3) is 5.91 Å². The van der Waals surface area contributed by atoms with Gasteiger partial charge in [0.2, 0.25) is 5.78 Å². The van der Waals surface area contributed by atoms with E-state index in [1.807, 2.05) is 0 Å². The summed E-state index contributed by atoms with van der Waals surface area (Å²) in [4.78, 5) is 42.0. The van der Waals surface area contributed by atoms with Gasteiger partial charge in [-0.2, -0.15) is 0 Å². The van der Waals surface area contributed by atoms with Crippen LogP contribution in [0.4, 0.5) is 0 Å². The fraction of sp³-hybridized carbons (Fsp3) is 0.292. The van der Waals surface area contributed by atoms with Gasteiger partial charge in [-0.25, -0.2) is 0 Å². The van der Waals surface area contributed by atoms with E-state index in [1.54, 1.807) is 53.1 Å². The SMILES string of the molecule is Cl.O=C1c2ccccc2C(=O)c2c1c(C(=O)NCCCN1CCOCC1)c1ccccn21. The predicted molar refractivity (Wildman–Crippen MR) is 122 cm³/mol. The minimum atomic E-state index is -0.326. The first-order valence-corrected chi connectivity index (χ1v) is 10.6. The minimum Gasteiger partial charge on any atom is -0.379 e. The molecule has 1 aliphatic heterocycles. The Morgan fingerprint density at radius 1 is 0.969 bits per heavy atom. The van der Waals surface area contributed by atoms with Crippen molar-refractivity contribution in [1.82, 2.24) is 14.6 Å². The summed E-state index contributed by atoms with van der Waals surface area (Å²) in [5.74, 6) is -0.849. The molecule has 3 aromatic rings. The zero-order chi connectivity index (χ0) is 21.4. The van der Waals surface area contributed by atoms with Gasteiger partial charge in [-0.05, 0) is 25.1 Å². The van der Waals surface area contributed by atoms with Crippen molar-refractivity contribution in [3.05, 3.63) is 76.6 Å². The molecule has 166 valence electrons. The molecule has 0 bridgehead atoms. The Balaban J connectivity index is 0.00000245. The zero-order valence-corrected chi connectivity index (χ0v) is 18.3. The molecule has 1 aliphatic carbocycles. The molecule has 1 amide bonds. The van der Waals surface area contributed by atoms with Crippen LogP contribution in [0, 0.1) is 0 Å². The van der Waals surface area contributed by atoms with Gasteiger partial charge in [0.1, 0.15) is 5.69 Å². The van der Waals surface area contributed by atoms with Crippen molar-refractivity contribution in [3.8, 4) is 0 Å². The number of nitrogens with zero attached hydrogens (tertiary/aromatic N) is 2. The summed E-state index contributed by atoms with van der Waals surface area (Å²) < 4.78 is 7.02. The summed E-state index contributed by atoms with van der Waals surface area (Å²) >= 11 is 0. The second-order valence-corrected chi connectivity index (χ2v) is 7.82. The number of carbonyl (C=O) groups excluding carboxylic acids is 3. The quantitative estimate of drug-likeness (QED) is 0.470. The molecule has 0 spiro atoms. The van der Waals surface area contributed by atoms with Gasteiger partial charge < -0.3 is 14.5 Å². The number of amides is 1. The molecule has 2 aromatic heterocycles. The van der Waals surface area contributed by atoms with Crippen molar-refractivity contribution in [2.75, 3.05) is 39.4 Å². The Labute approximate surface area is 191 Å². The predicted octanol–water partition coefficient (Wildman–Crippen LogP) is 2.59. The van der Waals surface area contributed by atoms with Crippen LogP contribution in [-0.4, -0.2) is 66.2 Å². The number of pyridine rings is 1. The summed E-state index contributed by atoms with van der Waals surface area (Å²) in [7, 11) is 0. The van der Waals surface area contributed by atoms with Gasteiger partial charge in [-0.3, -0.25) is 19.3 Å². The zero-order valence-electron chi connectivity index (χ0n) is 17.5. The summed E-state index contributed by atoms with van der Waals surface area (Å²) in [5, 5.41) is 2.95. The summed E-state index contributed by atoms with van der Waals surface area (Å²) in [6.07, 6.45) is 2.53. The van der Waals surface area contributed by atoms with Gasteiger partial charge in [0.05, 0.1) is 29.9 Å². The van der Waals surface area contributed by atoms with Gasteiger partial charge in [-0.1, -0.05) is 30.3 Å². The highest BCUT2D eigenvalue weighted by molar-refractivity contribution is 6.32. The number of aromatic nitrogens is 1. The van der Waals surface area contributed by atoms with Crippen LogP contribution in [-0.2, 0) is 4.74 Å². The Bertz CT molecular complexity index is 1200. The van der Waals surface area contributed by atoms with Crippen LogP contribution in [0.15, 0.2) is 48.7 Å². The first-order valence-electron chi connectivity index (χ1n) is 10.6. The largest absolute Gasteiger partial charge is 0.379 e. The third-order valence-corrected chi connectivity index (χ3v) is 5.97. The van der Waals surface area contributed by atoms with Gasteiger partial charge in [0.15, 0.2) is 5.78 Å². The molecule has 5 rings (SSSR count). The molecule has 8 heteroatoms. The maximum absolute atomic E-state index is 13.3. The van der Waals surface area contributed by atoms with Crippen molar-refractivity contribution in [3.63, 3.8) is 0 Å². The maximum Gasteiger partial charge on any atom is 0.254 e. The number of halogens is 1. The van der Waals surface area contributed by atoms with Crippen molar-refractivity contribution in [2.24, 2.45) is 0 Å². The van der Waals surface area contributed by atoms with Crippen molar-refractivity contribution < 1.29 is 19.1 Å². The second kappa shape index (κ2) is 9.24. The Morgan fingerprint density at radius 2 is 1.66 bits per heavy atom. The highest BCUT2D eigenvalue weighted by Crippen LogP contribution is 2.33. The van der Waals surface area contributed by atoms with E-state index in [0.717, 1.165) is 39.3 Å². The molecule has 32 heavy (non-hydrogen) atoms. The molecular formula is C24H24ClN3O4. The maximum atomic E-state index is 13.3. The number of rotatable bonds is 5. The lowest BCUT2D eigenvalue weighted by atomic mass is 9.86. The van der Waals surface area contributed by atoms with Crippen LogP contribution in [0.5, 0.6) is 0 Å². The average molecular weight is 454 g/mol. The first kappa shape index (κ1) is 22.2. The molecule has 0 radical (unpaired) electrons. The molecule has 1 saturated heterocycles. The highest BCUT2D eigenvalue weighted by atomic mass is 35.5. The monoisotopic (exact) mass is 453 g/mol. The molecule has 1 fully saturated rings. The van der Waals surface area contributed by atoms with Gasteiger partial charge >= 0.3 is 0 Å². The number of hydrogen-bond acceptors (Lipinski definition) is 5. The molecule has 7 nitrogen and oxygen atoms in total. The molecular weight excluding hydrogens is 430 g/mol. The number of morpholine rings is 1. The van der Waals surface area contributed by atoms with Crippen molar-refractivity contribution in [1.29, 1.82) is 0 Å². The first-order chi connectivity index (χ1) is 15.2. The number of hydrogen-bond donors (Lipinski definition) is 1. The fourth-order valence-corrected chi connectivity index (χ4v) is 4.44. The Kier molecular flexibility index (Phi) is 6.41. The van der Waals surface area contributed by atoms with Crippen LogP contribution in [0.25, 0.3) is 5.52 Å². The van der Waals surface area contributed by atoms with E-state index >= 15 is 0 Å². The molecule has 2 aliphatic rings. The second-order valence-electron chi connectivity index (χ2n) is 7.82. The molecule has 1 aromatic carbocycles. The lowest BCUT2D eigenvalue weighted by Crippen LogP contribution is -2.38. The van der Waals surface area contributed by atoms with Crippen LogP contribution in [0.2, 0.25) is 0 Å². The molecule has 0 unspecified atom stereocenters. The molecule has 0 atom stereocenters. The standard InChI is InChI=1S/C24H23N3O4.ClH/c28-22-16-6-1-2-7-17(16)23(29)21-20(22)19(18-8-3-4-11-27(18)21)24(30)25-9-5-10-26-12-14-31-15-13-26;/h1-4,6-8,11H,5,9-10,12-15H2,(H,25,30);1H. The smallest absolute Gasteiger partial charge is 0.254 e. The third-order valence-electron chi connectivity index (χ3n) is 5.97. The van der Waals surface area contributed by atoms with Crippen molar-refractivity contribution >= 4 is 35.4 Å². The van der Waals surface area contributed by atoms with E-state index in [-0.39, 0.29) is 46.7 Å². The number of benzene rings is 1. The Morgan fingerprint density at radius 3 is 2.41 bits per heavy atom. The van der Waals surface area contributed by atoms with Gasteiger partial charge in [0, 0.05) is 37.0 Å². The van der Waals surface area contributed by atoms with E-state index < -0.39 is 0 Å². The van der Waals surface area contributed by atoms with Crippen LogP contribution < -0.4 is 5.32 Å². The van der Waals surface area contributed by atoms with E-state index in [1.165, 1.54) is 0 Å². The summed E-state index contributed by atoms with van der Waals surface area (Å²) in [5.41, 5.74) is 2.01. The van der Waals surface area contributed by atoms with Crippen LogP contribution in [0.1, 0.15) is 48.8 Å². The summed E-state index contributed by atoms with van der Waals surface area (Å²) in [6, 6.07) is 12.1. The number of carbonyl (C=O) groups is 3. The van der Waals surface area contributed by atoms with E-state index in [9.17, 15) is 14.4 Å². The Hall–Kier alpha value is -3.00. The van der Waals surface area contributed by atoms with Crippen molar-refractivity contribution in [2.45, 2.75) is 6.42 Å². The number of ketones is 2. The normalized spacial score (nSPS) is 15.8. The van der Waals surface area contributed by atoms with E-state index in [0.29, 0.717) is 23.2 Å². The molecule has 3 heterocycles. The topological polar surface area (TPSA) is 80.1 Å². The average Bonchev–Trinajstić information content (AvgIpc) is 3.17. The van der Waals surface area contributed by atoms with Crippen LogP contribution >= 0.6 is 12.4 Å². The lowest BCUT2D eigenvalue weighted by Gasteiger charge is -2.26. The summed E-state index contributed by atoms with van der Waals surface area (Å²) in [6.45, 7) is 4.67. The third kappa shape index (κ3) is 3.72. The van der Waals surface area contributed by atoms with E-state index in [4.69, 9.17) is 4.74 Å².